The van der Waals surface area contributed by atoms with Gasteiger partial charge in [0.1, 0.15) is 5.69 Å². The zero-order valence-corrected chi connectivity index (χ0v) is 9.73. The first kappa shape index (κ1) is 12.5. The maximum absolute atomic E-state index is 10.7. The summed E-state index contributed by atoms with van der Waals surface area (Å²) in [6, 6.07) is 3.33. The first-order valence-electron chi connectivity index (χ1n) is 5.53. The number of carboxylic acids is 1. The molecule has 1 aromatic heterocycles. The normalized spacial score (nSPS) is 10.4. The van der Waals surface area contributed by atoms with E-state index in [1.807, 2.05) is 0 Å². The number of carboxylic acid groups (broad SMARTS) is 1. The molecule has 1 heterocycles. The fourth-order valence-electron chi connectivity index (χ4n) is 1.40. The zero-order valence-electron chi connectivity index (χ0n) is 9.73. The van der Waals surface area contributed by atoms with Crippen molar-refractivity contribution in [3.63, 3.8) is 0 Å². The monoisotopic (exact) mass is 222 g/mol. The Kier molecular flexibility index (Phi) is 4.76. The highest BCUT2D eigenvalue weighted by Gasteiger charge is 2.04. The van der Waals surface area contributed by atoms with Gasteiger partial charge < -0.3 is 10.4 Å². The summed E-state index contributed by atoms with van der Waals surface area (Å²) in [5.41, 5.74) is 0.894. The highest BCUT2D eigenvalue weighted by atomic mass is 16.4. The van der Waals surface area contributed by atoms with Gasteiger partial charge in [0.2, 0.25) is 0 Å². The van der Waals surface area contributed by atoms with Crippen LogP contribution in [0.3, 0.4) is 0 Å². The van der Waals surface area contributed by atoms with E-state index in [-0.39, 0.29) is 5.69 Å². The number of rotatable bonds is 6. The van der Waals surface area contributed by atoms with Crippen molar-refractivity contribution in [2.24, 2.45) is 5.92 Å². The number of carbonyl (C=O) groups is 1. The number of aromatic carboxylic acids is 1. The standard InChI is InChI=1S/C12H18N2O2/c1-9(2)4-3-6-13-10-5-7-14-11(8-10)12(15)16/h5,7-9H,3-4,6H2,1-2H3,(H,13,14)(H,15,16). The predicted octanol–water partition coefficient (Wildman–Crippen LogP) is 2.63. The van der Waals surface area contributed by atoms with Crippen LogP contribution in [0.1, 0.15) is 37.2 Å². The number of aromatic nitrogens is 1. The third kappa shape index (κ3) is 4.29. The van der Waals surface area contributed by atoms with Crippen LogP contribution in [0.5, 0.6) is 0 Å². The molecule has 0 atom stereocenters. The van der Waals surface area contributed by atoms with E-state index in [4.69, 9.17) is 5.11 Å². The first-order chi connectivity index (χ1) is 7.59. The van der Waals surface area contributed by atoms with Gasteiger partial charge in [0.25, 0.3) is 0 Å². The SMILES string of the molecule is CC(C)CCCNc1ccnc(C(=O)O)c1. The summed E-state index contributed by atoms with van der Waals surface area (Å²) in [6.45, 7) is 5.24. The molecule has 1 aromatic rings. The Morgan fingerprint density at radius 2 is 2.31 bits per heavy atom. The lowest BCUT2D eigenvalue weighted by molar-refractivity contribution is 0.0690. The molecule has 0 aromatic carbocycles. The Morgan fingerprint density at radius 1 is 1.56 bits per heavy atom. The number of anilines is 1. The zero-order chi connectivity index (χ0) is 12.0. The van der Waals surface area contributed by atoms with Crippen molar-refractivity contribution in [1.82, 2.24) is 4.98 Å². The van der Waals surface area contributed by atoms with Crippen LogP contribution in [0.25, 0.3) is 0 Å². The minimum atomic E-state index is -0.995. The molecule has 0 saturated heterocycles. The molecular weight excluding hydrogens is 204 g/mol. The molecule has 16 heavy (non-hydrogen) atoms. The average Bonchev–Trinajstić information content (AvgIpc) is 2.24. The highest BCUT2D eigenvalue weighted by molar-refractivity contribution is 5.86. The van der Waals surface area contributed by atoms with E-state index in [0.717, 1.165) is 18.7 Å². The van der Waals surface area contributed by atoms with Gasteiger partial charge in [0.15, 0.2) is 0 Å². The Balaban J connectivity index is 2.42. The van der Waals surface area contributed by atoms with E-state index in [2.05, 4.69) is 24.1 Å². The van der Waals surface area contributed by atoms with Crippen molar-refractivity contribution in [1.29, 1.82) is 0 Å². The lowest BCUT2D eigenvalue weighted by Gasteiger charge is -2.07. The summed E-state index contributed by atoms with van der Waals surface area (Å²) in [7, 11) is 0. The van der Waals surface area contributed by atoms with Crippen molar-refractivity contribution in [3.05, 3.63) is 24.0 Å². The number of hydrogen-bond donors (Lipinski definition) is 2. The second kappa shape index (κ2) is 6.10. The number of hydrogen-bond acceptors (Lipinski definition) is 3. The molecule has 4 nitrogen and oxygen atoms in total. The van der Waals surface area contributed by atoms with Gasteiger partial charge in [-0.05, 0) is 30.9 Å². The van der Waals surface area contributed by atoms with Crippen LogP contribution in [0, 0.1) is 5.92 Å². The second-order valence-corrected chi connectivity index (χ2v) is 4.20. The van der Waals surface area contributed by atoms with Crippen LogP contribution in [-0.2, 0) is 0 Å². The molecular formula is C12H18N2O2. The van der Waals surface area contributed by atoms with Gasteiger partial charge in [0, 0.05) is 18.4 Å². The Morgan fingerprint density at radius 3 is 2.94 bits per heavy atom. The smallest absolute Gasteiger partial charge is 0.354 e. The summed E-state index contributed by atoms with van der Waals surface area (Å²) >= 11 is 0. The molecule has 0 fully saturated rings. The Hall–Kier alpha value is -1.58. The maximum Gasteiger partial charge on any atom is 0.354 e. The van der Waals surface area contributed by atoms with Crippen LogP contribution in [0.2, 0.25) is 0 Å². The molecule has 0 aliphatic heterocycles. The molecule has 88 valence electrons. The van der Waals surface area contributed by atoms with E-state index in [1.54, 1.807) is 12.1 Å². The summed E-state index contributed by atoms with van der Waals surface area (Å²) in [5, 5.41) is 12.0. The van der Waals surface area contributed by atoms with E-state index >= 15 is 0 Å². The van der Waals surface area contributed by atoms with Gasteiger partial charge in [-0.1, -0.05) is 13.8 Å². The predicted molar refractivity (Wildman–Crippen MR) is 63.8 cm³/mol. The third-order valence-corrected chi connectivity index (χ3v) is 2.27. The number of pyridine rings is 1. The van der Waals surface area contributed by atoms with E-state index < -0.39 is 5.97 Å². The van der Waals surface area contributed by atoms with Crippen LogP contribution >= 0.6 is 0 Å². The third-order valence-electron chi connectivity index (χ3n) is 2.27. The molecule has 0 spiro atoms. The molecule has 0 amide bonds. The fourth-order valence-corrected chi connectivity index (χ4v) is 1.40. The summed E-state index contributed by atoms with van der Waals surface area (Å²) in [6.07, 6.45) is 3.76. The van der Waals surface area contributed by atoms with Crippen molar-refractivity contribution < 1.29 is 9.90 Å². The molecule has 4 heteroatoms. The van der Waals surface area contributed by atoms with Crippen molar-refractivity contribution in [2.45, 2.75) is 26.7 Å². The van der Waals surface area contributed by atoms with Gasteiger partial charge >= 0.3 is 5.97 Å². The Labute approximate surface area is 95.7 Å². The first-order valence-corrected chi connectivity index (χ1v) is 5.53. The van der Waals surface area contributed by atoms with E-state index in [1.165, 1.54) is 12.6 Å². The minimum absolute atomic E-state index is 0.0776. The molecule has 0 saturated carbocycles. The van der Waals surface area contributed by atoms with Crippen molar-refractivity contribution >= 4 is 11.7 Å². The van der Waals surface area contributed by atoms with Gasteiger partial charge in [-0.25, -0.2) is 9.78 Å². The van der Waals surface area contributed by atoms with Gasteiger partial charge in [-0.2, -0.15) is 0 Å². The second-order valence-electron chi connectivity index (χ2n) is 4.20. The molecule has 0 unspecified atom stereocenters. The molecule has 0 aliphatic carbocycles. The average molecular weight is 222 g/mol. The van der Waals surface area contributed by atoms with Gasteiger partial charge in [0.05, 0.1) is 0 Å². The van der Waals surface area contributed by atoms with Crippen LogP contribution in [-0.4, -0.2) is 22.6 Å². The lowest BCUT2D eigenvalue weighted by Crippen LogP contribution is -2.05. The minimum Gasteiger partial charge on any atom is -0.477 e. The number of nitrogens with zero attached hydrogens (tertiary/aromatic N) is 1. The largest absolute Gasteiger partial charge is 0.477 e. The lowest BCUT2D eigenvalue weighted by atomic mass is 10.1. The molecule has 0 aliphatic rings. The summed E-state index contributed by atoms with van der Waals surface area (Å²) in [5.74, 6) is -0.292. The molecule has 0 bridgehead atoms. The van der Waals surface area contributed by atoms with Crippen molar-refractivity contribution in [3.8, 4) is 0 Å². The fraction of sp³-hybridized carbons (Fsp3) is 0.500. The van der Waals surface area contributed by atoms with Gasteiger partial charge in [-0.15, -0.1) is 0 Å². The van der Waals surface area contributed by atoms with Crippen LogP contribution in [0.15, 0.2) is 18.3 Å². The quantitative estimate of drug-likeness (QED) is 0.726. The highest BCUT2D eigenvalue weighted by Crippen LogP contribution is 2.09. The maximum atomic E-state index is 10.7. The summed E-state index contributed by atoms with van der Waals surface area (Å²) < 4.78 is 0. The molecule has 1 rings (SSSR count). The topological polar surface area (TPSA) is 62.2 Å². The van der Waals surface area contributed by atoms with Gasteiger partial charge in [-0.3, -0.25) is 0 Å². The van der Waals surface area contributed by atoms with Crippen LogP contribution in [0.4, 0.5) is 5.69 Å². The number of nitrogens with one attached hydrogen (secondary N) is 1. The summed E-state index contributed by atoms with van der Waals surface area (Å²) in [4.78, 5) is 14.4. The molecule has 0 radical (unpaired) electrons. The van der Waals surface area contributed by atoms with Crippen LogP contribution < -0.4 is 5.32 Å². The van der Waals surface area contributed by atoms with E-state index in [9.17, 15) is 4.79 Å². The molecule has 2 N–H and O–H groups in total. The van der Waals surface area contributed by atoms with Crippen molar-refractivity contribution in [2.75, 3.05) is 11.9 Å². The Bertz CT molecular complexity index is 351. The van der Waals surface area contributed by atoms with E-state index in [0.29, 0.717) is 5.92 Å².